The van der Waals surface area contributed by atoms with E-state index in [1.54, 1.807) is 0 Å². The monoisotopic (exact) mass is 285 g/mol. The van der Waals surface area contributed by atoms with Crippen molar-refractivity contribution in [2.75, 3.05) is 59.0 Å². The molecule has 118 valence electrons. The zero-order chi connectivity index (χ0) is 15.0. The summed E-state index contributed by atoms with van der Waals surface area (Å²) < 4.78 is 5.27. The van der Waals surface area contributed by atoms with E-state index < -0.39 is 0 Å². The van der Waals surface area contributed by atoms with Crippen LogP contribution in [0, 0.1) is 5.92 Å². The van der Waals surface area contributed by atoms with Crippen molar-refractivity contribution in [1.82, 2.24) is 14.7 Å². The van der Waals surface area contributed by atoms with E-state index in [9.17, 15) is 4.79 Å². The number of carbonyl (C=O) groups excluding carboxylic acids is 1. The van der Waals surface area contributed by atoms with E-state index in [0.29, 0.717) is 12.5 Å². The largest absolute Gasteiger partial charge is 0.449 e. The van der Waals surface area contributed by atoms with Gasteiger partial charge in [-0.2, -0.15) is 0 Å². The third-order valence-corrected chi connectivity index (χ3v) is 3.80. The number of hydrogen-bond acceptors (Lipinski definition) is 4. The highest BCUT2D eigenvalue weighted by atomic mass is 16.6. The minimum atomic E-state index is -0.151. The molecule has 20 heavy (non-hydrogen) atoms. The first-order chi connectivity index (χ1) is 9.56. The SMILES string of the molecule is CCN(CC)CCN1CCN(C(=O)OCC(C)C)CC1. The lowest BCUT2D eigenvalue weighted by atomic mass is 10.2. The molecule has 1 aliphatic heterocycles. The minimum Gasteiger partial charge on any atom is -0.449 e. The van der Waals surface area contributed by atoms with Crippen LogP contribution in [0.1, 0.15) is 27.7 Å². The average Bonchev–Trinajstić information content (AvgIpc) is 2.46. The summed E-state index contributed by atoms with van der Waals surface area (Å²) in [7, 11) is 0. The van der Waals surface area contributed by atoms with Crippen LogP contribution < -0.4 is 0 Å². The van der Waals surface area contributed by atoms with Gasteiger partial charge in [-0.3, -0.25) is 4.90 Å². The second kappa shape index (κ2) is 9.19. The fraction of sp³-hybridized carbons (Fsp3) is 0.933. The first kappa shape index (κ1) is 17.2. The number of carbonyl (C=O) groups is 1. The molecule has 0 radical (unpaired) electrons. The molecule has 0 N–H and O–H groups in total. The summed E-state index contributed by atoms with van der Waals surface area (Å²) in [6.07, 6.45) is -0.151. The van der Waals surface area contributed by atoms with Crippen molar-refractivity contribution in [2.24, 2.45) is 5.92 Å². The molecule has 0 bridgehead atoms. The van der Waals surface area contributed by atoms with Crippen molar-refractivity contribution in [2.45, 2.75) is 27.7 Å². The van der Waals surface area contributed by atoms with Crippen molar-refractivity contribution < 1.29 is 9.53 Å². The topological polar surface area (TPSA) is 36.0 Å². The highest BCUT2D eigenvalue weighted by molar-refractivity contribution is 5.67. The lowest BCUT2D eigenvalue weighted by Crippen LogP contribution is -2.50. The Hall–Kier alpha value is -0.810. The molecule has 1 amide bonds. The molecule has 1 fully saturated rings. The van der Waals surface area contributed by atoms with Gasteiger partial charge in [0.25, 0.3) is 0 Å². The summed E-state index contributed by atoms with van der Waals surface area (Å²) in [6, 6.07) is 0. The van der Waals surface area contributed by atoms with E-state index in [1.165, 1.54) is 0 Å². The lowest BCUT2D eigenvalue weighted by molar-refractivity contribution is 0.0669. The van der Waals surface area contributed by atoms with Crippen molar-refractivity contribution in [3.8, 4) is 0 Å². The summed E-state index contributed by atoms with van der Waals surface area (Å²) in [5.74, 6) is 0.398. The van der Waals surface area contributed by atoms with Crippen molar-refractivity contribution in [3.05, 3.63) is 0 Å². The molecule has 5 nitrogen and oxygen atoms in total. The molecule has 0 saturated carbocycles. The zero-order valence-corrected chi connectivity index (χ0v) is 13.6. The van der Waals surface area contributed by atoms with E-state index in [2.05, 4.69) is 37.5 Å². The molecule has 0 aliphatic carbocycles. The van der Waals surface area contributed by atoms with Gasteiger partial charge in [-0.15, -0.1) is 0 Å². The Labute approximate surface area is 123 Å². The molecule has 1 heterocycles. The quantitative estimate of drug-likeness (QED) is 0.714. The van der Waals surface area contributed by atoms with Crippen LogP contribution in [0.2, 0.25) is 0 Å². The van der Waals surface area contributed by atoms with Crippen LogP contribution in [-0.4, -0.2) is 79.8 Å². The third kappa shape index (κ3) is 6.09. The van der Waals surface area contributed by atoms with Crippen molar-refractivity contribution in [3.63, 3.8) is 0 Å². The smallest absolute Gasteiger partial charge is 0.409 e. The Balaban J connectivity index is 2.20. The molecular formula is C15H31N3O2. The normalized spacial score (nSPS) is 17.0. The number of nitrogens with zero attached hydrogens (tertiary/aromatic N) is 3. The Kier molecular flexibility index (Phi) is 7.92. The summed E-state index contributed by atoms with van der Waals surface area (Å²) in [5.41, 5.74) is 0. The van der Waals surface area contributed by atoms with Gasteiger partial charge < -0.3 is 14.5 Å². The highest BCUT2D eigenvalue weighted by Crippen LogP contribution is 2.05. The van der Waals surface area contributed by atoms with Gasteiger partial charge in [-0.1, -0.05) is 27.7 Å². The standard InChI is InChI=1S/C15H31N3O2/c1-5-16(6-2)7-8-17-9-11-18(12-10-17)15(19)20-13-14(3)4/h14H,5-13H2,1-4H3. The minimum absolute atomic E-state index is 0.151. The lowest BCUT2D eigenvalue weighted by Gasteiger charge is -2.35. The molecule has 0 aromatic heterocycles. The molecule has 5 heteroatoms. The van der Waals surface area contributed by atoms with Crippen molar-refractivity contribution >= 4 is 6.09 Å². The maximum absolute atomic E-state index is 11.8. The van der Waals surface area contributed by atoms with Crippen LogP contribution in [0.3, 0.4) is 0 Å². The Bertz CT molecular complexity index is 272. The van der Waals surface area contributed by atoms with E-state index in [4.69, 9.17) is 4.74 Å². The predicted molar refractivity (Wildman–Crippen MR) is 82.0 cm³/mol. The number of piperazine rings is 1. The molecule has 1 aliphatic rings. The van der Waals surface area contributed by atoms with Crippen LogP contribution in [0.25, 0.3) is 0 Å². The van der Waals surface area contributed by atoms with Gasteiger partial charge in [0.1, 0.15) is 0 Å². The van der Waals surface area contributed by atoms with Gasteiger partial charge in [0.05, 0.1) is 6.61 Å². The predicted octanol–water partition coefficient (Wildman–Crippen LogP) is 1.74. The molecular weight excluding hydrogens is 254 g/mol. The molecule has 1 saturated heterocycles. The summed E-state index contributed by atoms with van der Waals surface area (Å²) in [6.45, 7) is 16.9. The summed E-state index contributed by atoms with van der Waals surface area (Å²) >= 11 is 0. The number of amides is 1. The van der Waals surface area contributed by atoms with E-state index in [0.717, 1.165) is 52.4 Å². The van der Waals surface area contributed by atoms with Gasteiger partial charge in [0.2, 0.25) is 0 Å². The first-order valence-corrected chi connectivity index (χ1v) is 7.93. The van der Waals surface area contributed by atoms with Gasteiger partial charge in [-0.05, 0) is 19.0 Å². The third-order valence-electron chi connectivity index (χ3n) is 3.80. The van der Waals surface area contributed by atoms with Crippen LogP contribution in [-0.2, 0) is 4.74 Å². The highest BCUT2D eigenvalue weighted by Gasteiger charge is 2.22. The molecule has 0 spiro atoms. The first-order valence-electron chi connectivity index (χ1n) is 7.93. The molecule has 0 unspecified atom stereocenters. The Morgan fingerprint density at radius 2 is 1.75 bits per heavy atom. The number of rotatable bonds is 7. The van der Waals surface area contributed by atoms with Gasteiger partial charge in [0.15, 0.2) is 0 Å². The molecule has 1 rings (SSSR count). The summed E-state index contributed by atoms with van der Waals surface area (Å²) in [5, 5.41) is 0. The van der Waals surface area contributed by atoms with E-state index >= 15 is 0 Å². The van der Waals surface area contributed by atoms with Gasteiger partial charge in [0, 0.05) is 39.3 Å². The van der Waals surface area contributed by atoms with Crippen LogP contribution in [0.4, 0.5) is 4.79 Å². The Morgan fingerprint density at radius 3 is 2.25 bits per heavy atom. The van der Waals surface area contributed by atoms with E-state index in [-0.39, 0.29) is 6.09 Å². The second-order valence-electron chi connectivity index (χ2n) is 5.83. The average molecular weight is 285 g/mol. The number of likely N-dealkylation sites (N-methyl/N-ethyl adjacent to an activating group) is 1. The molecule has 0 aromatic carbocycles. The fourth-order valence-corrected chi connectivity index (χ4v) is 2.31. The zero-order valence-electron chi connectivity index (χ0n) is 13.6. The Morgan fingerprint density at radius 1 is 1.15 bits per heavy atom. The molecule has 0 aromatic rings. The van der Waals surface area contributed by atoms with Crippen LogP contribution >= 0.6 is 0 Å². The fourth-order valence-electron chi connectivity index (χ4n) is 2.31. The van der Waals surface area contributed by atoms with E-state index in [1.807, 2.05) is 4.90 Å². The van der Waals surface area contributed by atoms with Gasteiger partial charge in [-0.25, -0.2) is 4.79 Å². The maximum Gasteiger partial charge on any atom is 0.409 e. The van der Waals surface area contributed by atoms with Crippen LogP contribution in [0.15, 0.2) is 0 Å². The second-order valence-corrected chi connectivity index (χ2v) is 5.83. The van der Waals surface area contributed by atoms with Crippen molar-refractivity contribution in [1.29, 1.82) is 0 Å². The number of ether oxygens (including phenoxy) is 1. The van der Waals surface area contributed by atoms with Crippen LogP contribution in [0.5, 0.6) is 0 Å². The number of hydrogen-bond donors (Lipinski definition) is 0. The maximum atomic E-state index is 11.8. The van der Waals surface area contributed by atoms with Gasteiger partial charge >= 0.3 is 6.09 Å². The molecule has 0 atom stereocenters. The summed E-state index contributed by atoms with van der Waals surface area (Å²) in [4.78, 5) is 18.5.